The number of rotatable bonds is 3. The van der Waals surface area contributed by atoms with Gasteiger partial charge in [0.25, 0.3) is 0 Å². The highest BCUT2D eigenvalue weighted by Crippen LogP contribution is 2.19. The minimum absolute atomic E-state index is 0.230. The molecule has 0 fully saturated rings. The van der Waals surface area contributed by atoms with E-state index in [-0.39, 0.29) is 6.54 Å². The first-order valence-electron chi connectivity index (χ1n) is 4.51. The van der Waals surface area contributed by atoms with E-state index in [1.165, 1.54) is 4.68 Å². The summed E-state index contributed by atoms with van der Waals surface area (Å²) in [5.41, 5.74) is 1.58. The Bertz CT molecular complexity index is 455. The van der Waals surface area contributed by atoms with Crippen LogP contribution in [0.5, 0.6) is 0 Å². The van der Waals surface area contributed by atoms with Gasteiger partial charge in [-0.25, -0.2) is 9.07 Å². The summed E-state index contributed by atoms with van der Waals surface area (Å²) in [7, 11) is 0. The van der Waals surface area contributed by atoms with Crippen molar-refractivity contribution in [3.05, 3.63) is 35.5 Å². The number of nitrogens with zero attached hydrogens (tertiary/aromatic N) is 3. The van der Waals surface area contributed by atoms with Crippen LogP contribution in [-0.2, 0) is 6.54 Å². The molecule has 15 heavy (non-hydrogen) atoms. The third-order valence-electron chi connectivity index (χ3n) is 1.97. The molecule has 0 radical (unpaired) electrons. The van der Waals surface area contributed by atoms with E-state index in [0.717, 1.165) is 5.56 Å². The number of aromatic nitrogens is 3. The highest BCUT2D eigenvalue weighted by atomic mass is 35.5. The van der Waals surface area contributed by atoms with Crippen LogP contribution in [0.3, 0.4) is 0 Å². The summed E-state index contributed by atoms with van der Waals surface area (Å²) >= 11 is 5.85. The molecule has 0 N–H and O–H groups in total. The molecule has 0 aliphatic carbocycles. The second kappa shape index (κ2) is 4.40. The topological polar surface area (TPSA) is 30.7 Å². The summed E-state index contributed by atoms with van der Waals surface area (Å²) in [6.07, 6.45) is 1.70. The number of halogens is 2. The van der Waals surface area contributed by atoms with Crippen LogP contribution >= 0.6 is 11.6 Å². The second-order valence-corrected chi connectivity index (χ2v) is 3.50. The van der Waals surface area contributed by atoms with E-state index in [2.05, 4.69) is 10.3 Å². The van der Waals surface area contributed by atoms with Crippen LogP contribution in [0.4, 0.5) is 4.39 Å². The predicted molar refractivity (Wildman–Crippen MR) is 56.4 cm³/mol. The van der Waals surface area contributed by atoms with Gasteiger partial charge >= 0.3 is 0 Å². The molecule has 0 amide bonds. The van der Waals surface area contributed by atoms with Gasteiger partial charge in [-0.2, -0.15) is 0 Å². The molecule has 0 unspecified atom stereocenters. The van der Waals surface area contributed by atoms with E-state index in [9.17, 15) is 4.39 Å². The Kier molecular flexibility index (Phi) is 2.97. The molecule has 0 aliphatic rings. The lowest BCUT2D eigenvalue weighted by atomic mass is 10.2. The average Bonchev–Trinajstić information content (AvgIpc) is 2.67. The normalized spacial score (nSPS) is 10.5. The third-order valence-corrected chi connectivity index (χ3v) is 2.21. The molecular weight excluding hydrogens is 216 g/mol. The summed E-state index contributed by atoms with van der Waals surface area (Å²) in [6.45, 7) is -0.216. The van der Waals surface area contributed by atoms with E-state index in [0.29, 0.717) is 10.7 Å². The summed E-state index contributed by atoms with van der Waals surface area (Å²) in [5.74, 6) is 0. The van der Waals surface area contributed by atoms with Crippen LogP contribution in [0, 0.1) is 0 Å². The second-order valence-electron chi connectivity index (χ2n) is 3.07. The maximum atomic E-state index is 12.0. The van der Waals surface area contributed by atoms with Crippen molar-refractivity contribution in [1.29, 1.82) is 0 Å². The number of aryl methyl sites for hydroxylation is 1. The first kappa shape index (κ1) is 10.1. The molecule has 0 atom stereocenters. The third kappa shape index (κ3) is 2.33. The van der Waals surface area contributed by atoms with Gasteiger partial charge in [0.1, 0.15) is 12.4 Å². The lowest BCUT2D eigenvalue weighted by Gasteiger charge is -1.95. The lowest BCUT2D eigenvalue weighted by molar-refractivity contribution is 0.422. The van der Waals surface area contributed by atoms with E-state index in [1.807, 2.05) is 12.1 Å². The van der Waals surface area contributed by atoms with E-state index >= 15 is 0 Å². The van der Waals surface area contributed by atoms with Crippen LogP contribution in [0.1, 0.15) is 0 Å². The van der Waals surface area contributed by atoms with Gasteiger partial charge < -0.3 is 0 Å². The molecule has 1 aromatic carbocycles. The molecule has 2 aromatic rings. The molecule has 3 nitrogen and oxygen atoms in total. The minimum atomic E-state index is -0.446. The standard InChI is InChI=1S/C10H9ClFN3/c11-9-3-1-2-8(6-9)10-7-15(5-4-12)14-13-10/h1-3,6-7H,4-5H2/i12-1. The van der Waals surface area contributed by atoms with Gasteiger partial charge in [-0.1, -0.05) is 28.9 Å². The predicted octanol–water partition coefficient (Wildman–Crippen LogP) is 2.57. The molecule has 1 heterocycles. The maximum absolute atomic E-state index is 12.0. The monoisotopic (exact) mass is 224 g/mol. The fourth-order valence-electron chi connectivity index (χ4n) is 1.27. The number of alkyl halides is 1. The Labute approximate surface area is 91.5 Å². The lowest BCUT2D eigenvalue weighted by Crippen LogP contribution is -1.99. The Morgan fingerprint density at radius 1 is 1.40 bits per heavy atom. The van der Waals surface area contributed by atoms with Crippen LogP contribution in [0.2, 0.25) is 5.02 Å². The SMILES string of the molecule is [18F]CCn1cc(-c2cccc(Cl)c2)nn1. The molecule has 0 saturated carbocycles. The molecule has 2 rings (SSSR count). The Morgan fingerprint density at radius 3 is 3.00 bits per heavy atom. The van der Waals surface area contributed by atoms with Crippen molar-refractivity contribution >= 4 is 11.6 Å². The van der Waals surface area contributed by atoms with Crippen LogP contribution in [-0.4, -0.2) is 21.7 Å². The zero-order chi connectivity index (χ0) is 10.7. The zero-order valence-electron chi connectivity index (χ0n) is 7.90. The Hall–Kier alpha value is -1.42. The van der Waals surface area contributed by atoms with E-state index in [1.54, 1.807) is 18.3 Å². The first-order chi connectivity index (χ1) is 7.29. The summed E-state index contributed by atoms with van der Waals surface area (Å²) < 4.78 is 13.5. The average molecular weight is 225 g/mol. The van der Waals surface area contributed by atoms with Crippen molar-refractivity contribution in [3.8, 4) is 11.3 Å². The molecule has 5 heteroatoms. The van der Waals surface area contributed by atoms with Crippen molar-refractivity contribution in [3.63, 3.8) is 0 Å². The van der Waals surface area contributed by atoms with Gasteiger partial charge in [-0.05, 0) is 12.1 Å². The smallest absolute Gasteiger partial charge is 0.113 e. The van der Waals surface area contributed by atoms with Crippen LogP contribution in [0.25, 0.3) is 11.3 Å². The van der Waals surface area contributed by atoms with Gasteiger partial charge in [-0.15, -0.1) is 5.10 Å². The van der Waals surface area contributed by atoms with Gasteiger partial charge in [0, 0.05) is 10.6 Å². The van der Waals surface area contributed by atoms with Gasteiger partial charge in [0.15, 0.2) is 0 Å². The highest BCUT2D eigenvalue weighted by Gasteiger charge is 2.03. The molecule has 78 valence electrons. The number of benzene rings is 1. The highest BCUT2D eigenvalue weighted by molar-refractivity contribution is 6.30. The van der Waals surface area contributed by atoms with Crippen LogP contribution < -0.4 is 0 Å². The fourth-order valence-corrected chi connectivity index (χ4v) is 1.46. The van der Waals surface area contributed by atoms with Crippen molar-refractivity contribution in [2.24, 2.45) is 0 Å². The molecule has 1 aromatic heterocycles. The summed E-state index contributed by atoms with van der Waals surface area (Å²) in [5, 5.41) is 8.38. The maximum Gasteiger partial charge on any atom is 0.113 e. The zero-order valence-corrected chi connectivity index (χ0v) is 8.65. The molecule has 0 bridgehead atoms. The van der Waals surface area contributed by atoms with Crippen molar-refractivity contribution in [2.75, 3.05) is 6.67 Å². The molecule has 0 spiro atoms. The number of hydrogen-bond acceptors (Lipinski definition) is 2. The van der Waals surface area contributed by atoms with Crippen molar-refractivity contribution in [1.82, 2.24) is 15.0 Å². The van der Waals surface area contributed by atoms with Crippen molar-refractivity contribution < 1.29 is 4.39 Å². The summed E-state index contributed by atoms with van der Waals surface area (Å²) in [6, 6.07) is 7.31. The molecular formula is C10H9ClFN3. The van der Waals surface area contributed by atoms with Crippen molar-refractivity contribution in [2.45, 2.75) is 6.54 Å². The number of hydrogen-bond donors (Lipinski definition) is 0. The largest absolute Gasteiger partial charge is 0.249 e. The Morgan fingerprint density at radius 2 is 2.27 bits per heavy atom. The fraction of sp³-hybridized carbons (Fsp3) is 0.200. The Balaban J connectivity index is 2.29. The molecule has 0 saturated heterocycles. The van der Waals surface area contributed by atoms with Gasteiger partial charge in [-0.3, -0.25) is 0 Å². The van der Waals surface area contributed by atoms with Crippen LogP contribution in [0.15, 0.2) is 30.5 Å². The van der Waals surface area contributed by atoms with E-state index in [4.69, 9.17) is 11.6 Å². The molecule has 0 aliphatic heterocycles. The minimum Gasteiger partial charge on any atom is -0.249 e. The van der Waals surface area contributed by atoms with E-state index < -0.39 is 6.67 Å². The quantitative estimate of drug-likeness (QED) is 0.802. The first-order valence-corrected chi connectivity index (χ1v) is 4.89. The van der Waals surface area contributed by atoms with Gasteiger partial charge in [0.2, 0.25) is 0 Å². The van der Waals surface area contributed by atoms with Gasteiger partial charge in [0.05, 0.1) is 12.7 Å². The summed E-state index contributed by atoms with van der Waals surface area (Å²) in [4.78, 5) is 0.